The van der Waals surface area contributed by atoms with E-state index < -0.39 is 5.41 Å². The topological polar surface area (TPSA) is 4.36 Å². The molecule has 0 radical (unpaired) electrons. The molecule has 0 N–H and O–H groups in total. The minimum absolute atomic E-state index is 0.504. The van der Waals surface area contributed by atoms with Crippen LogP contribution >= 0.6 is 11.8 Å². The SMILES string of the molecule is [C-]#[N+]c1ccc(-c2ccc3c(c2)C2(c4ccccc4Sc4ccccc42)c2ccccc2-c2ccccc2-3)cc1. The molecule has 6 aromatic carbocycles. The first kappa shape index (κ1) is 23.1. The third-order valence-electron chi connectivity index (χ3n) is 8.39. The van der Waals surface area contributed by atoms with Crippen LogP contribution in [0.2, 0.25) is 0 Å². The van der Waals surface area contributed by atoms with Crippen molar-refractivity contribution in [2.24, 2.45) is 0 Å². The van der Waals surface area contributed by atoms with Gasteiger partial charge in [0, 0.05) is 9.79 Å². The Bertz CT molecular complexity index is 1950. The van der Waals surface area contributed by atoms with Gasteiger partial charge in [-0.25, -0.2) is 4.85 Å². The summed E-state index contributed by atoms with van der Waals surface area (Å²) in [6.45, 7) is 7.40. The summed E-state index contributed by atoms with van der Waals surface area (Å²) in [5.41, 5.74) is 12.7. The van der Waals surface area contributed by atoms with Gasteiger partial charge in [-0.3, -0.25) is 0 Å². The molecule has 0 saturated carbocycles. The van der Waals surface area contributed by atoms with Crippen molar-refractivity contribution in [3.05, 3.63) is 173 Å². The average molecular weight is 526 g/mol. The minimum Gasteiger partial charge on any atom is -0.238 e. The van der Waals surface area contributed by atoms with Crippen molar-refractivity contribution in [2.75, 3.05) is 0 Å². The molecule has 186 valence electrons. The Morgan fingerprint density at radius 3 is 1.57 bits per heavy atom. The molecule has 1 nitrogen and oxygen atoms in total. The highest BCUT2D eigenvalue weighted by Crippen LogP contribution is 2.61. The molecular formula is C38H23NS. The average Bonchev–Trinajstić information content (AvgIpc) is 3.13. The highest BCUT2D eigenvalue weighted by molar-refractivity contribution is 7.99. The lowest BCUT2D eigenvalue weighted by molar-refractivity contribution is 0.708. The van der Waals surface area contributed by atoms with Gasteiger partial charge in [-0.15, -0.1) is 0 Å². The second kappa shape index (κ2) is 8.85. The van der Waals surface area contributed by atoms with E-state index in [0.29, 0.717) is 5.69 Å². The van der Waals surface area contributed by atoms with Crippen LogP contribution in [0, 0.1) is 6.57 Å². The van der Waals surface area contributed by atoms with E-state index in [1.807, 2.05) is 23.9 Å². The van der Waals surface area contributed by atoms with Crippen molar-refractivity contribution in [3.63, 3.8) is 0 Å². The van der Waals surface area contributed by atoms with Crippen LogP contribution in [0.15, 0.2) is 149 Å². The largest absolute Gasteiger partial charge is 0.238 e. The standard InChI is InChI=1S/C38H23NS/c1-39-27-21-18-25(19-22-27)26-20-23-31-29-11-3-2-10-28(29)30-12-4-5-13-32(30)38(35(31)24-26)33-14-6-8-16-36(33)40-37-17-9-7-15-34(37)38/h2-24H. The van der Waals surface area contributed by atoms with Crippen molar-refractivity contribution in [1.29, 1.82) is 0 Å². The Morgan fingerprint density at radius 2 is 0.950 bits per heavy atom. The quantitative estimate of drug-likeness (QED) is 0.193. The van der Waals surface area contributed by atoms with Gasteiger partial charge in [0.15, 0.2) is 5.69 Å². The van der Waals surface area contributed by atoms with Crippen molar-refractivity contribution < 1.29 is 0 Å². The van der Waals surface area contributed by atoms with Gasteiger partial charge in [-0.2, -0.15) is 0 Å². The van der Waals surface area contributed by atoms with E-state index in [0.717, 1.165) is 11.1 Å². The second-order valence-electron chi connectivity index (χ2n) is 10.4. The van der Waals surface area contributed by atoms with Crippen LogP contribution in [-0.2, 0) is 5.41 Å². The summed E-state index contributed by atoms with van der Waals surface area (Å²) >= 11 is 1.87. The molecule has 6 aromatic rings. The van der Waals surface area contributed by atoms with Gasteiger partial charge in [0.05, 0.1) is 12.0 Å². The van der Waals surface area contributed by atoms with E-state index in [-0.39, 0.29) is 0 Å². The highest BCUT2D eigenvalue weighted by atomic mass is 32.2. The Morgan fingerprint density at radius 1 is 0.450 bits per heavy atom. The fourth-order valence-electron chi connectivity index (χ4n) is 6.72. The fraction of sp³-hybridized carbons (Fsp3) is 0.0263. The number of nitrogens with zero attached hydrogens (tertiary/aromatic N) is 1. The van der Waals surface area contributed by atoms with E-state index in [4.69, 9.17) is 6.57 Å². The molecule has 1 spiro atoms. The zero-order valence-corrected chi connectivity index (χ0v) is 22.5. The van der Waals surface area contributed by atoms with Crippen molar-refractivity contribution >= 4 is 17.4 Å². The number of hydrogen-bond acceptors (Lipinski definition) is 1. The molecule has 0 amide bonds. The number of hydrogen-bond donors (Lipinski definition) is 0. The monoisotopic (exact) mass is 525 g/mol. The number of rotatable bonds is 1. The predicted octanol–water partition coefficient (Wildman–Crippen LogP) is 10.4. The summed E-state index contributed by atoms with van der Waals surface area (Å²) in [4.78, 5) is 6.19. The Labute approximate surface area is 238 Å². The summed E-state index contributed by atoms with van der Waals surface area (Å²) in [5.74, 6) is 0. The first-order valence-electron chi connectivity index (χ1n) is 13.5. The smallest absolute Gasteiger partial charge is 0.187 e. The van der Waals surface area contributed by atoms with E-state index in [1.54, 1.807) is 0 Å². The zero-order valence-electron chi connectivity index (χ0n) is 21.6. The van der Waals surface area contributed by atoms with Gasteiger partial charge in [-0.1, -0.05) is 133 Å². The lowest BCUT2D eigenvalue weighted by Crippen LogP contribution is -2.34. The van der Waals surface area contributed by atoms with Gasteiger partial charge in [0.1, 0.15) is 0 Å². The van der Waals surface area contributed by atoms with Crippen LogP contribution in [-0.4, -0.2) is 0 Å². The summed E-state index contributed by atoms with van der Waals surface area (Å²) in [6, 6.07) is 50.6. The molecule has 1 heterocycles. The molecule has 0 atom stereocenters. The molecule has 40 heavy (non-hydrogen) atoms. The zero-order chi connectivity index (χ0) is 26.7. The number of benzene rings is 6. The normalized spacial score (nSPS) is 13.6. The molecule has 0 unspecified atom stereocenters. The van der Waals surface area contributed by atoms with Gasteiger partial charge < -0.3 is 0 Å². The maximum atomic E-state index is 7.40. The lowest BCUT2D eigenvalue weighted by atomic mass is 9.63. The summed E-state index contributed by atoms with van der Waals surface area (Å²) < 4.78 is 0. The van der Waals surface area contributed by atoms with Gasteiger partial charge in [-0.05, 0) is 73.8 Å². The van der Waals surface area contributed by atoms with Crippen LogP contribution in [0.1, 0.15) is 22.3 Å². The van der Waals surface area contributed by atoms with E-state index in [2.05, 4.69) is 132 Å². The summed E-state index contributed by atoms with van der Waals surface area (Å²) in [6.07, 6.45) is 0. The fourth-order valence-corrected chi connectivity index (χ4v) is 7.91. The van der Waals surface area contributed by atoms with E-state index in [1.165, 1.54) is 54.3 Å². The second-order valence-corrected chi connectivity index (χ2v) is 11.4. The van der Waals surface area contributed by atoms with Crippen LogP contribution in [0.25, 0.3) is 38.2 Å². The maximum absolute atomic E-state index is 7.40. The first-order chi connectivity index (χ1) is 19.8. The third kappa shape index (κ3) is 3.16. The Kier molecular flexibility index (Phi) is 5.11. The molecular weight excluding hydrogens is 502 g/mol. The van der Waals surface area contributed by atoms with Crippen molar-refractivity contribution in [1.82, 2.24) is 0 Å². The predicted molar refractivity (Wildman–Crippen MR) is 165 cm³/mol. The first-order valence-corrected chi connectivity index (χ1v) is 14.3. The maximum Gasteiger partial charge on any atom is 0.187 e. The van der Waals surface area contributed by atoms with E-state index in [9.17, 15) is 0 Å². The van der Waals surface area contributed by atoms with Crippen molar-refractivity contribution in [2.45, 2.75) is 15.2 Å². The summed E-state index contributed by atoms with van der Waals surface area (Å²) in [7, 11) is 0. The molecule has 0 saturated heterocycles. The molecule has 1 aliphatic carbocycles. The van der Waals surface area contributed by atoms with Crippen LogP contribution < -0.4 is 0 Å². The van der Waals surface area contributed by atoms with Crippen LogP contribution in [0.3, 0.4) is 0 Å². The van der Waals surface area contributed by atoms with Gasteiger partial charge in [0.25, 0.3) is 0 Å². The Hall–Kier alpha value is -4.84. The van der Waals surface area contributed by atoms with Gasteiger partial charge >= 0.3 is 0 Å². The molecule has 0 fully saturated rings. The third-order valence-corrected chi connectivity index (χ3v) is 9.55. The van der Waals surface area contributed by atoms with E-state index >= 15 is 0 Å². The van der Waals surface area contributed by atoms with Crippen molar-refractivity contribution in [3.8, 4) is 33.4 Å². The highest BCUT2D eigenvalue weighted by Gasteiger charge is 2.48. The minimum atomic E-state index is -0.504. The summed E-state index contributed by atoms with van der Waals surface area (Å²) in [5, 5.41) is 0. The Balaban J connectivity index is 1.57. The molecule has 2 heteroatoms. The van der Waals surface area contributed by atoms with Crippen LogP contribution in [0.4, 0.5) is 5.69 Å². The molecule has 2 aliphatic rings. The number of fused-ring (bicyclic) bond motifs is 11. The molecule has 0 bridgehead atoms. The molecule has 8 rings (SSSR count). The molecule has 1 aliphatic heterocycles. The molecule has 0 aromatic heterocycles. The van der Waals surface area contributed by atoms with Gasteiger partial charge in [0.2, 0.25) is 0 Å². The van der Waals surface area contributed by atoms with Crippen LogP contribution in [0.5, 0.6) is 0 Å². The lowest BCUT2D eigenvalue weighted by Gasteiger charge is -2.43.